The van der Waals surface area contributed by atoms with Gasteiger partial charge in [0.1, 0.15) is 0 Å². The van der Waals surface area contributed by atoms with E-state index in [1.54, 1.807) is 0 Å². The number of hydrogen-bond donors (Lipinski definition) is 0. The molecule has 0 N–H and O–H groups in total. The highest BCUT2D eigenvalue weighted by Gasteiger charge is 2.48. The molecule has 9 rings (SSSR count). The minimum Gasteiger partial charge on any atom is -0.208 e. The number of rotatable bonds is 5. The summed E-state index contributed by atoms with van der Waals surface area (Å²) >= 11 is 0. The Kier molecular flexibility index (Phi) is 28.3. The van der Waals surface area contributed by atoms with Gasteiger partial charge in [-0.2, -0.15) is 0 Å². The molecule has 0 spiro atoms. The lowest BCUT2D eigenvalue weighted by atomic mass is 10.0. The zero-order chi connectivity index (χ0) is 47.8. The van der Waals surface area contributed by atoms with E-state index < -0.39 is 8.07 Å². The summed E-state index contributed by atoms with van der Waals surface area (Å²) < 4.78 is 0. The Morgan fingerprint density at radius 3 is 0.969 bits per heavy atom. The molecule has 3 nitrogen and oxygen atoms in total. The quantitative estimate of drug-likeness (QED) is 0.162. The summed E-state index contributed by atoms with van der Waals surface area (Å²) in [6.07, 6.45) is 0. The number of nitrogens with zero attached hydrogens (tertiary/aromatic N) is 3. The molecule has 64 heavy (non-hydrogen) atoms. The summed E-state index contributed by atoms with van der Waals surface area (Å²) in [5, 5.41) is 5.53. The van der Waals surface area contributed by atoms with Crippen molar-refractivity contribution in [3.63, 3.8) is 0 Å². The van der Waals surface area contributed by atoms with E-state index in [2.05, 4.69) is 146 Å². The zero-order valence-electron chi connectivity index (χ0n) is 41.8. The Morgan fingerprint density at radius 2 is 0.594 bits per heavy atom. The normalized spacial score (nSPS) is 10.2. The van der Waals surface area contributed by atoms with Gasteiger partial charge < -0.3 is 0 Å². The van der Waals surface area contributed by atoms with E-state index in [1.165, 1.54) is 37.4 Å². The van der Waals surface area contributed by atoms with Gasteiger partial charge in [-0.15, -0.1) is 0 Å². The average Bonchev–Trinajstić information content (AvgIpc) is 3.72. The summed E-state index contributed by atoms with van der Waals surface area (Å²) in [7, 11) is -2.62. The molecule has 0 atom stereocenters. The van der Waals surface area contributed by atoms with Crippen LogP contribution in [0.3, 0.4) is 0 Å². The van der Waals surface area contributed by atoms with Gasteiger partial charge in [-0.25, -0.2) is 15.0 Å². The summed E-state index contributed by atoms with van der Waals surface area (Å²) in [5.74, 6) is 2.02. The molecule has 0 saturated carbocycles. The van der Waals surface area contributed by atoms with E-state index in [1.807, 2.05) is 152 Å². The molecule has 8 aromatic rings. The van der Waals surface area contributed by atoms with E-state index in [0.29, 0.717) is 17.5 Å². The van der Waals surface area contributed by atoms with Crippen LogP contribution in [0.4, 0.5) is 0 Å². The largest absolute Gasteiger partial charge is 0.208 e. The summed E-state index contributed by atoms with van der Waals surface area (Å²) in [6.45, 7) is 30.1. The van der Waals surface area contributed by atoms with Gasteiger partial charge in [0.15, 0.2) is 25.5 Å². The highest BCUT2D eigenvalue weighted by atomic mass is 28.3. The van der Waals surface area contributed by atoms with Crippen molar-refractivity contribution in [2.24, 2.45) is 0 Å². The van der Waals surface area contributed by atoms with Crippen molar-refractivity contribution in [2.45, 2.75) is 104 Å². The summed E-state index contributed by atoms with van der Waals surface area (Å²) in [6, 6.07) is 68.5. The van der Waals surface area contributed by atoms with Crippen molar-refractivity contribution in [1.82, 2.24) is 15.0 Å². The third-order valence-electron chi connectivity index (χ3n) is 9.36. The van der Waals surface area contributed by atoms with E-state index in [-0.39, 0.29) is 0 Å². The highest BCUT2D eigenvalue weighted by molar-refractivity contribution is 7.22. The molecule has 0 bridgehead atoms. The first kappa shape index (κ1) is 55.8. The Labute approximate surface area is 390 Å². The molecule has 1 aromatic heterocycles. The molecule has 0 saturated heterocycles. The van der Waals surface area contributed by atoms with Gasteiger partial charge in [0.05, 0.1) is 0 Å². The van der Waals surface area contributed by atoms with Crippen LogP contribution in [0.1, 0.15) is 102 Å². The summed E-state index contributed by atoms with van der Waals surface area (Å²) in [5.41, 5.74) is 6.85. The second-order valence-corrected chi connectivity index (χ2v) is 16.2. The average molecular weight is 868 g/mol. The molecule has 0 amide bonds. The standard InChI is InChI=1S/C39H27N3Si.C7H8.7C2H6/c1-5-15-28(16-6-1)37-40-38(29-17-7-2-8-18-29)42-39(41-37)30-25-26-34-33-23-13-14-24-35(33)43(36(34)27-30,31-19-9-3-10-20-31)32-21-11-4-12-22-32;1-7-5-3-2-4-6-7;7*1-2/h1-27H;2-6H,1H3;7*1-2H3. The van der Waals surface area contributed by atoms with E-state index >= 15 is 0 Å². The third-order valence-corrected chi connectivity index (χ3v) is 14.2. The molecule has 2 heterocycles. The maximum Gasteiger partial charge on any atom is 0.180 e. The van der Waals surface area contributed by atoms with Crippen LogP contribution in [0, 0.1) is 6.92 Å². The van der Waals surface area contributed by atoms with E-state index in [4.69, 9.17) is 15.0 Å². The van der Waals surface area contributed by atoms with Crippen LogP contribution in [-0.2, 0) is 0 Å². The predicted octanol–water partition coefficient (Wildman–Crippen LogP) is 15.4. The molecule has 7 aromatic carbocycles. The molecular formula is C60H77N3Si. The van der Waals surface area contributed by atoms with Crippen LogP contribution < -0.4 is 20.7 Å². The third kappa shape index (κ3) is 13.9. The topological polar surface area (TPSA) is 38.7 Å². The van der Waals surface area contributed by atoms with E-state index in [9.17, 15) is 0 Å². The van der Waals surface area contributed by atoms with Crippen LogP contribution in [0.25, 0.3) is 45.3 Å². The fraction of sp³-hybridized carbons (Fsp3) is 0.250. The molecule has 0 radical (unpaired) electrons. The monoisotopic (exact) mass is 868 g/mol. The van der Waals surface area contributed by atoms with Crippen LogP contribution >= 0.6 is 0 Å². The summed E-state index contributed by atoms with van der Waals surface area (Å²) in [4.78, 5) is 15.0. The van der Waals surface area contributed by atoms with Gasteiger partial charge >= 0.3 is 0 Å². The number of benzene rings is 7. The van der Waals surface area contributed by atoms with Gasteiger partial charge in [-0.05, 0) is 38.8 Å². The minimum absolute atomic E-state index is 0.669. The van der Waals surface area contributed by atoms with Crippen molar-refractivity contribution in [3.8, 4) is 45.3 Å². The molecule has 4 heteroatoms. The predicted molar refractivity (Wildman–Crippen MR) is 289 cm³/mol. The maximum absolute atomic E-state index is 5.06. The highest BCUT2D eigenvalue weighted by Crippen LogP contribution is 2.32. The van der Waals surface area contributed by atoms with Gasteiger partial charge in [0, 0.05) is 16.7 Å². The minimum atomic E-state index is -2.62. The Balaban J connectivity index is 0.000000837. The van der Waals surface area contributed by atoms with Gasteiger partial charge in [0.2, 0.25) is 0 Å². The number of aromatic nitrogens is 3. The molecule has 0 fully saturated rings. The molecular weight excluding hydrogens is 791 g/mol. The van der Waals surface area contributed by atoms with Crippen molar-refractivity contribution < 1.29 is 0 Å². The first-order valence-electron chi connectivity index (χ1n) is 24.0. The first-order chi connectivity index (χ1) is 31.7. The fourth-order valence-corrected chi connectivity index (χ4v) is 12.3. The van der Waals surface area contributed by atoms with E-state index in [0.717, 1.165) is 16.7 Å². The van der Waals surface area contributed by atoms with Crippen molar-refractivity contribution in [1.29, 1.82) is 0 Å². The molecule has 0 aliphatic carbocycles. The Morgan fingerprint density at radius 1 is 0.281 bits per heavy atom. The first-order valence-corrected chi connectivity index (χ1v) is 26.0. The number of aryl methyl sites for hydroxylation is 1. The van der Waals surface area contributed by atoms with Crippen molar-refractivity contribution >= 4 is 28.8 Å². The molecule has 0 unspecified atom stereocenters. The second-order valence-electron chi connectivity index (χ2n) is 12.5. The Bertz CT molecular complexity index is 2270. The van der Waals surface area contributed by atoms with Crippen LogP contribution in [0.15, 0.2) is 194 Å². The molecule has 1 aliphatic rings. The van der Waals surface area contributed by atoms with Crippen LogP contribution in [0.2, 0.25) is 0 Å². The second kappa shape index (κ2) is 32.4. The fourth-order valence-electron chi connectivity index (χ4n) is 7.06. The maximum atomic E-state index is 5.06. The Hall–Kier alpha value is -6.23. The lowest BCUT2D eigenvalue weighted by Gasteiger charge is -2.31. The SMILES string of the molecule is CC.CC.CC.CC.CC.CC.CC.Cc1ccccc1.c1ccc(-c2nc(-c3ccccc3)nc(-c3ccc4c(c3)[Si](c3ccccc3)(c3ccccc3)c3ccccc3-4)n2)cc1. The van der Waals surface area contributed by atoms with Gasteiger partial charge in [-0.3, -0.25) is 0 Å². The molecule has 336 valence electrons. The number of hydrogen-bond acceptors (Lipinski definition) is 3. The van der Waals surface area contributed by atoms with Crippen molar-refractivity contribution in [3.05, 3.63) is 200 Å². The van der Waals surface area contributed by atoms with Gasteiger partial charge in [-0.1, -0.05) is 297 Å². The smallest absolute Gasteiger partial charge is 0.180 e. The van der Waals surface area contributed by atoms with Crippen LogP contribution in [0.5, 0.6) is 0 Å². The lowest BCUT2D eigenvalue weighted by Crippen LogP contribution is -2.72. The van der Waals surface area contributed by atoms with Gasteiger partial charge in [0.25, 0.3) is 0 Å². The van der Waals surface area contributed by atoms with Crippen molar-refractivity contribution in [2.75, 3.05) is 0 Å². The molecule has 1 aliphatic heterocycles. The van der Waals surface area contributed by atoms with Crippen LogP contribution in [-0.4, -0.2) is 23.0 Å². The lowest BCUT2D eigenvalue weighted by molar-refractivity contribution is 1.07. The zero-order valence-corrected chi connectivity index (χ0v) is 42.8. The number of fused-ring (bicyclic) bond motifs is 3.